The van der Waals surface area contributed by atoms with E-state index in [1.807, 2.05) is 67.1 Å². The van der Waals surface area contributed by atoms with E-state index in [0.29, 0.717) is 17.5 Å². The quantitative estimate of drug-likeness (QED) is 0.581. The highest BCUT2D eigenvalue weighted by molar-refractivity contribution is 8.00. The molecule has 1 aliphatic heterocycles. The molecule has 162 valence electrons. The SMILES string of the molecule is CCOc1ccc(NC(=O)[C@@H]2Sc3nnc(CC)n3N[C@@H]2c2ccc(OC)cc2)cc1. The molecule has 1 aromatic heterocycles. The number of nitrogens with zero attached hydrogens (tertiary/aromatic N) is 3. The van der Waals surface area contributed by atoms with Crippen molar-refractivity contribution in [3.63, 3.8) is 0 Å². The fraction of sp³-hybridized carbons (Fsp3) is 0.318. The van der Waals surface area contributed by atoms with Gasteiger partial charge in [-0.2, -0.15) is 0 Å². The number of amides is 1. The Morgan fingerprint density at radius 1 is 1.10 bits per heavy atom. The van der Waals surface area contributed by atoms with Crippen molar-refractivity contribution < 1.29 is 14.3 Å². The Balaban J connectivity index is 1.60. The summed E-state index contributed by atoms with van der Waals surface area (Å²) in [4.78, 5) is 13.3. The first-order valence-corrected chi connectivity index (χ1v) is 11.1. The molecule has 0 unspecified atom stereocenters. The predicted octanol–water partition coefficient (Wildman–Crippen LogP) is 3.65. The van der Waals surface area contributed by atoms with Crippen molar-refractivity contribution in [3.8, 4) is 11.5 Å². The zero-order valence-electron chi connectivity index (χ0n) is 17.7. The van der Waals surface area contributed by atoms with Crippen LogP contribution in [0.1, 0.15) is 31.3 Å². The number of rotatable bonds is 7. The minimum atomic E-state index is -0.443. The van der Waals surface area contributed by atoms with Crippen molar-refractivity contribution >= 4 is 23.4 Å². The Hall–Kier alpha value is -3.20. The first-order chi connectivity index (χ1) is 15.1. The Morgan fingerprint density at radius 2 is 1.81 bits per heavy atom. The monoisotopic (exact) mass is 439 g/mol. The van der Waals surface area contributed by atoms with Gasteiger partial charge in [0.05, 0.1) is 19.8 Å². The standard InChI is InChI=1S/C22H25N5O3S/c1-4-18-24-25-22-27(18)26-19(14-6-10-16(29-3)11-7-14)20(31-22)21(28)23-15-8-12-17(13-9-15)30-5-2/h6-13,19-20,26H,4-5H2,1-3H3,(H,23,28)/t19-,20-/m1/s1. The largest absolute Gasteiger partial charge is 0.497 e. The van der Waals surface area contributed by atoms with Gasteiger partial charge in [-0.25, -0.2) is 4.68 Å². The highest BCUT2D eigenvalue weighted by Gasteiger charge is 2.37. The number of fused-ring (bicyclic) bond motifs is 1. The van der Waals surface area contributed by atoms with Gasteiger partial charge < -0.3 is 20.2 Å². The lowest BCUT2D eigenvalue weighted by atomic mass is 10.0. The third-order valence-corrected chi connectivity index (χ3v) is 6.20. The molecule has 4 rings (SSSR count). The van der Waals surface area contributed by atoms with Crippen LogP contribution in [-0.2, 0) is 11.2 Å². The van der Waals surface area contributed by atoms with Crippen LogP contribution in [-0.4, -0.2) is 39.7 Å². The molecular weight excluding hydrogens is 414 g/mol. The van der Waals surface area contributed by atoms with E-state index in [9.17, 15) is 4.79 Å². The Morgan fingerprint density at radius 3 is 2.45 bits per heavy atom. The van der Waals surface area contributed by atoms with Crippen LogP contribution < -0.4 is 20.2 Å². The van der Waals surface area contributed by atoms with Gasteiger partial charge in [0.25, 0.3) is 0 Å². The number of aryl methyl sites for hydroxylation is 1. The number of hydrogen-bond acceptors (Lipinski definition) is 7. The lowest BCUT2D eigenvalue weighted by molar-refractivity contribution is -0.116. The van der Waals surface area contributed by atoms with Gasteiger partial charge in [0.1, 0.15) is 16.7 Å². The molecule has 9 heteroatoms. The fourth-order valence-corrected chi connectivity index (χ4v) is 4.50. The number of nitrogens with one attached hydrogen (secondary N) is 2. The molecule has 0 aliphatic carbocycles. The van der Waals surface area contributed by atoms with Crippen molar-refractivity contribution in [2.75, 3.05) is 24.5 Å². The molecule has 8 nitrogen and oxygen atoms in total. The second-order valence-corrected chi connectivity index (χ2v) is 8.06. The van der Waals surface area contributed by atoms with Crippen LogP contribution >= 0.6 is 11.8 Å². The molecule has 3 aromatic rings. The van der Waals surface area contributed by atoms with Gasteiger partial charge in [-0.05, 0) is 48.9 Å². The number of carbonyl (C=O) groups excluding carboxylic acids is 1. The van der Waals surface area contributed by atoms with Gasteiger partial charge in [-0.15, -0.1) is 10.2 Å². The maximum atomic E-state index is 13.3. The summed E-state index contributed by atoms with van der Waals surface area (Å²) in [5.74, 6) is 2.24. The van der Waals surface area contributed by atoms with E-state index in [1.165, 1.54) is 11.8 Å². The number of ether oxygens (including phenoxy) is 2. The second kappa shape index (κ2) is 9.30. The summed E-state index contributed by atoms with van der Waals surface area (Å²) >= 11 is 1.40. The van der Waals surface area contributed by atoms with Gasteiger partial charge in [0.15, 0.2) is 5.82 Å². The number of hydrogen-bond donors (Lipinski definition) is 2. The zero-order chi connectivity index (χ0) is 21.8. The molecule has 0 spiro atoms. The van der Waals surface area contributed by atoms with Crippen LogP contribution in [0.2, 0.25) is 0 Å². The minimum Gasteiger partial charge on any atom is -0.497 e. The molecule has 0 bridgehead atoms. The van der Waals surface area contributed by atoms with Gasteiger partial charge in [0.2, 0.25) is 11.1 Å². The maximum Gasteiger partial charge on any atom is 0.240 e. The molecular formula is C22H25N5O3S. The third-order valence-electron chi connectivity index (χ3n) is 4.99. The molecule has 0 fully saturated rings. The molecule has 2 atom stereocenters. The molecule has 0 saturated heterocycles. The number of benzene rings is 2. The van der Waals surface area contributed by atoms with Crippen molar-refractivity contribution in [2.24, 2.45) is 0 Å². The van der Waals surface area contributed by atoms with E-state index in [4.69, 9.17) is 9.47 Å². The van der Waals surface area contributed by atoms with Crippen LogP contribution in [0.5, 0.6) is 11.5 Å². The number of aromatic nitrogens is 3. The smallest absolute Gasteiger partial charge is 0.240 e. The Bertz CT molecular complexity index is 1040. The molecule has 2 heterocycles. The average Bonchev–Trinajstić information content (AvgIpc) is 3.22. The summed E-state index contributed by atoms with van der Waals surface area (Å²) < 4.78 is 12.6. The lowest BCUT2D eigenvalue weighted by Crippen LogP contribution is -2.41. The van der Waals surface area contributed by atoms with E-state index in [-0.39, 0.29) is 11.9 Å². The van der Waals surface area contributed by atoms with Crippen molar-refractivity contribution in [3.05, 3.63) is 59.9 Å². The summed E-state index contributed by atoms with van der Waals surface area (Å²) in [6, 6.07) is 14.8. The van der Waals surface area contributed by atoms with Crippen molar-refractivity contribution in [1.82, 2.24) is 14.9 Å². The molecule has 31 heavy (non-hydrogen) atoms. The highest BCUT2D eigenvalue weighted by atomic mass is 32.2. The summed E-state index contributed by atoms with van der Waals surface area (Å²) in [6.45, 7) is 4.56. The number of carbonyl (C=O) groups is 1. The molecule has 1 aliphatic rings. The zero-order valence-corrected chi connectivity index (χ0v) is 18.5. The summed E-state index contributed by atoms with van der Waals surface area (Å²) in [6.07, 6.45) is 0.735. The van der Waals surface area contributed by atoms with Crippen LogP contribution in [0.15, 0.2) is 53.7 Å². The average molecular weight is 440 g/mol. The number of anilines is 1. The first-order valence-electron chi connectivity index (χ1n) is 10.2. The van der Waals surface area contributed by atoms with Crippen LogP contribution in [0, 0.1) is 0 Å². The number of methoxy groups -OCH3 is 1. The highest BCUT2D eigenvalue weighted by Crippen LogP contribution is 2.38. The molecule has 0 saturated carbocycles. The molecule has 1 amide bonds. The minimum absolute atomic E-state index is 0.116. The van der Waals surface area contributed by atoms with Gasteiger partial charge >= 0.3 is 0 Å². The van der Waals surface area contributed by atoms with E-state index in [1.54, 1.807) is 7.11 Å². The summed E-state index contributed by atoms with van der Waals surface area (Å²) in [7, 11) is 1.63. The Kier molecular flexibility index (Phi) is 6.31. The molecule has 0 radical (unpaired) electrons. The summed E-state index contributed by atoms with van der Waals surface area (Å²) in [5.41, 5.74) is 5.13. The second-order valence-electron chi connectivity index (χ2n) is 6.95. The van der Waals surface area contributed by atoms with E-state index in [2.05, 4.69) is 20.9 Å². The lowest BCUT2D eigenvalue weighted by Gasteiger charge is -2.33. The normalized spacial score (nSPS) is 17.4. The van der Waals surface area contributed by atoms with Gasteiger partial charge in [0, 0.05) is 12.1 Å². The van der Waals surface area contributed by atoms with Crippen LogP contribution in [0.4, 0.5) is 5.69 Å². The molecule has 2 aromatic carbocycles. The Labute approximate surface area is 185 Å². The van der Waals surface area contributed by atoms with Gasteiger partial charge in [-0.3, -0.25) is 4.79 Å². The van der Waals surface area contributed by atoms with E-state index < -0.39 is 5.25 Å². The predicted molar refractivity (Wildman–Crippen MR) is 120 cm³/mol. The number of thioether (sulfide) groups is 1. The van der Waals surface area contributed by atoms with Crippen LogP contribution in [0.25, 0.3) is 0 Å². The maximum absolute atomic E-state index is 13.3. The molecule has 2 N–H and O–H groups in total. The fourth-order valence-electron chi connectivity index (χ4n) is 3.40. The van der Waals surface area contributed by atoms with Gasteiger partial charge in [-0.1, -0.05) is 30.8 Å². The van der Waals surface area contributed by atoms with Crippen molar-refractivity contribution in [2.45, 2.75) is 36.7 Å². The first kappa shape index (κ1) is 21.0. The van der Waals surface area contributed by atoms with Crippen molar-refractivity contribution in [1.29, 1.82) is 0 Å². The summed E-state index contributed by atoms with van der Waals surface area (Å²) in [5, 5.41) is 11.7. The topological polar surface area (TPSA) is 90.3 Å². The van der Waals surface area contributed by atoms with Crippen LogP contribution in [0.3, 0.4) is 0 Å². The van der Waals surface area contributed by atoms with E-state index in [0.717, 1.165) is 29.3 Å². The third kappa shape index (κ3) is 4.46. The van der Waals surface area contributed by atoms with E-state index >= 15 is 0 Å².